The van der Waals surface area contributed by atoms with Gasteiger partial charge in [-0.2, -0.15) is 0 Å². The maximum atomic E-state index is 12.1. The molecule has 0 radical (unpaired) electrons. The molecule has 6 unspecified atom stereocenters. The SMILES string of the molecule is CCC(/C=C/C(C)C1CCC2C3CC=C4CC(=O)CC[C@]4(C)C3CC[C@]12C)C(C)C. The van der Waals surface area contributed by atoms with E-state index in [2.05, 4.69) is 59.8 Å². The van der Waals surface area contributed by atoms with Crippen LogP contribution in [0.5, 0.6) is 0 Å². The molecular weight excluding hydrogens is 364 g/mol. The Bertz CT molecular complexity index is 714. The molecule has 1 heteroatoms. The van der Waals surface area contributed by atoms with E-state index in [1.54, 1.807) is 0 Å². The zero-order valence-electron chi connectivity index (χ0n) is 20.5. The van der Waals surface area contributed by atoms with Gasteiger partial charge in [0.2, 0.25) is 0 Å². The Morgan fingerprint density at radius 2 is 1.83 bits per heavy atom. The monoisotopic (exact) mass is 410 g/mol. The van der Waals surface area contributed by atoms with Gasteiger partial charge in [0.15, 0.2) is 0 Å². The van der Waals surface area contributed by atoms with Crippen molar-refractivity contribution in [3.8, 4) is 0 Å². The summed E-state index contributed by atoms with van der Waals surface area (Å²) in [6.45, 7) is 14.7. The minimum Gasteiger partial charge on any atom is -0.299 e. The van der Waals surface area contributed by atoms with Crippen LogP contribution in [0.25, 0.3) is 0 Å². The Labute approximate surface area is 186 Å². The lowest BCUT2D eigenvalue weighted by Crippen LogP contribution is -2.50. The van der Waals surface area contributed by atoms with Gasteiger partial charge in [-0.15, -0.1) is 0 Å². The van der Waals surface area contributed by atoms with Crippen LogP contribution in [0.3, 0.4) is 0 Å². The highest BCUT2D eigenvalue weighted by atomic mass is 16.1. The van der Waals surface area contributed by atoms with Crippen LogP contribution in [0, 0.1) is 52.3 Å². The van der Waals surface area contributed by atoms with E-state index in [0.717, 1.165) is 54.8 Å². The Kier molecular flexibility index (Phi) is 6.15. The summed E-state index contributed by atoms with van der Waals surface area (Å²) in [7, 11) is 0. The first-order chi connectivity index (χ1) is 14.2. The van der Waals surface area contributed by atoms with Gasteiger partial charge in [0.05, 0.1) is 0 Å². The van der Waals surface area contributed by atoms with E-state index < -0.39 is 0 Å². The average Bonchev–Trinajstić information content (AvgIpc) is 3.06. The summed E-state index contributed by atoms with van der Waals surface area (Å²) in [4.78, 5) is 12.1. The second-order valence-corrected chi connectivity index (χ2v) is 12.3. The first kappa shape index (κ1) is 22.3. The van der Waals surface area contributed by atoms with Crippen molar-refractivity contribution in [3.05, 3.63) is 23.8 Å². The maximum absolute atomic E-state index is 12.1. The molecule has 0 aromatic carbocycles. The van der Waals surface area contributed by atoms with Crippen LogP contribution >= 0.6 is 0 Å². The first-order valence-corrected chi connectivity index (χ1v) is 13.1. The summed E-state index contributed by atoms with van der Waals surface area (Å²) in [5.74, 6) is 6.04. The number of carbonyl (C=O) groups excluding carboxylic acids is 1. The van der Waals surface area contributed by atoms with E-state index >= 15 is 0 Å². The zero-order chi connectivity index (χ0) is 21.7. The van der Waals surface area contributed by atoms with Gasteiger partial charge in [0.25, 0.3) is 0 Å². The molecule has 1 nitrogen and oxygen atoms in total. The van der Waals surface area contributed by atoms with Crippen LogP contribution in [0.1, 0.15) is 99.3 Å². The predicted octanol–water partition coefficient (Wildman–Crippen LogP) is 8.01. The van der Waals surface area contributed by atoms with Crippen molar-refractivity contribution in [1.29, 1.82) is 0 Å². The lowest BCUT2D eigenvalue weighted by molar-refractivity contribution is -0.122. The second kappa shape index (κ2) is 8.25. The Balaban J connectivity index is 1.53. The summed E-state index contributed by atoms with van der Waals surface area (Å²) in [5.41, 5.74) is 2.33. The number of allylic oxidation sites excluding steroid dienone is 4. The molecule has 0 aliphatic heterocycles. The van der Waals surface area contributed by atoms with Crippen LogP contribution in [0.2, 0.25) is 0 Å². The number of rotatable bonds is 5. The smallest absolute Gasteiger partial charge is 0.136 e. The third-order valence-corrected chi connectivity index (χ3v) is 10.6. The lowest BCUT2D eigenvalue weighted by Gasteiger charge is -2.57. The van der Waals surface area contributed by atoms with Gasteiger partial charge in [0, 0.05) is 12.8 Å². The van der Waals surface area contributed by atoms with Crippen LogP contribution in [0.15, 0.2) is 23.8 Å². The molecule has 0 amide bonds. The van der Waals surface area contributed by atoms with Gasteiger partial charge in [-0.3, -0.25) is 4.79 Å². The third-order valence-electron chi connectivity index (χ3n) is 10.6. The second-order valence-electron chi connectivity index (χ2n) is 12.3. The highest BCUT2D eigenvalue weighted by Crippen LogP contribution is 2.67. The quantitative estimate of drug-likeness (QED) is 0.419. The fraction of sp³-hybridized carbons (Fsp3) is 0.828. The molecule has 0 N–H and O–H groups in total. The van der Waals surface area contributed by atoms with E-state index in [0.29, 0.717) is 22.5 Å². The summed E-state index contributed by atoms with van der Waals surface area (Å²) in [6.07, 6.45) is 18.5. The third kappa shape index (κ3) is 3.57. The van der Waals surface area contributed by atoms with Crippen molar-refractivity contribution in [2.24, 2.45) is 52.3 Å². The number of carbonyl (C=O) groups is 1. The van der Waals surface area contributed by atoms with Gasteiger partial charge >= 0.3 is 0 Å². The molecule has 168 valence electrons. The Hall–Kier alpha value is -0.850. The fourth-order valence-corrected chi connectivity index (χ4v) is 8.66. The van der Waals surface area contributed by atoms with Crippen molar-refractivity contribution >= 4 is 5.78 Å². The molecule has 0 aromatic heterocycles. The maximum Gasteiger partial charge on any atom is 0.136 e. The molecule has 0 spiro atoms. The lowest BCUT2D eigenvalue weighted by atomic mass is 9.47. The molecular formula is C29H46O. The van der Waals surface area contributed by atoms with E-state index in [1.165, 1.54) is 44.1 Å². The largest absolute Gasteiger partial charge is 0.299 e. The number of Topliss-reactive ketones (excluding diaryl/α,β-unsaturated/α-hetero) is 1. The standard InChI is InChI=1S/C29H46O/c1-7-21(19(2)3)9-8-20(4)25-12-13-26-24-11-10-22-18-23(30)14-16-28(22,5)27(24)15-17-29(25,26)6/h8-10,19-21,24-27H,7,11-18H2,1-6H3/b9-8+/t20?,21?,24?,25?,26?,27?,28-,29+/m0/s1. The van der Waals surface area contributed by atoms with E-state index in [4.69, 9.17) is 0 Å². The van der Waals surface area contributed by atoms with Gasteiger partial charge in [-0.1, -0.05) is 65.3 Å². The molecule has 8 atom stereocenters. The Morgan fingerprint density at radius 1 is 1.07 bits per heavy atom. The first-order valence-electron chi connectivity index (χ1n) is 13.1. The summed E-state index contributed by atoms with van der Waals surface area (Å²) in [5, 5.41) is 0. The fourth-order valence-electron chi connectivity index (χ4n) is 8.66. The number of hydrogen-bond donors (Lipinski definition) is 0. The molecule has 3 saturated carbocycles. The highest BCUT2D eigenvalue weighted by molar-refractivity contribution is 5.82. The summed E-state index contributed by atoms with van der Waals surface area (Å²) in [6, 6.07) is 0. The normalized spacial score (nSPS) is 43.2. The number of ketones is 1. The minimum atomic E-state index is 0.313. The minimum absolute atomic E-state index is 0.313. The number of fused-ring (bicyclic) bond motifs is 5. The van der Waals surface area contributed by atoms with E-state index in [1.807, 2.05) is 0 Å². The van der Waals surface area contributed by atoms with Crippen LogP contribution in [-0.4, -0.2) is 5.78 Å². The number of hydrogen-bond acceptors (Lipinski definition) is 1. The van der Waals surface area contributed by atoms with Gasteiger partial charge < -0.3 is 0 Å². The van der Waals surface area contributed by atoms with Crippen molar-refractivity contribution in [3.63, 3.8) is 0 Å². The van der Waals surface area contributed by atoms with Crippen LogP contribution < -0.4 is 0 Å². The van der Waals surface area contributed by atoms with Gasteiger partial charge in [0.1, 0.15) is 5.78 Å². The van der Waals surface area contributed by atoms with E-state index in [9.17, 15) is 4.79 Å². The van der Waals surface area contributed by atoms with Crippen molar-refractivity contribution in [2.75, 3.05) is 0 Å². The molecule has 0 heterocycles. The van der Waals surface area contributed by atoms with Gasteiger partial charge in [-0.25, -0.2) is 0 Å². The molecule has 3 fully saturated rings. The van der Waals surface area contributed by atoms with Crippen LogP contribution in [0.4, 0.5) is 0 Å². The molecule has 30 heavy (non-hydrogen) atoms. The van der Waals surface area contributed by atoms with Crippen molar-refractivity contribution in [2.45, 2.75) is 99.3 Å². The van der Waals surface area contributed by atoms with Crippen molar-refractivity contribution < 1.29 is 4.79 Å². The highest BCUT2D eigenvalue weighted by Gasteiger charge is 2.58. The average molecular weight is 411 g/mol. The molecule has 0 aromatic rings. The predicted molar refractivity (Wildman–Crippen MR) is 127 cm³/mol. The summed E-state index contributed by atoms with van der Waals surface area (Å²) < 4.78 is 0. The molecule has 4 aliphatic carbocycles. The summed E-state index contributed by atoms with van der Waals surface area (Å²) >= 11 is 0. The topological polar surface area (TPSA) is 17.1 Å². The van der Waals surface area contributed by atoms with Gasteiger partial charge in [-0.05, 0) is 97.2 Å². The molecule has 0 saturated heterocycles. The Morgan fingerprint density at radius 3 is 2.53 bits per heavy atom. The van der Waals surface area contributed by atoms with Crippen molar-refractivity contribution in [1.82, 2.24) is 0 Å². The molecule has 4 rings (SSSR count). The molecule has 0 bridgehead atoms. The molecule has 4 aliphatic rings. The zero-order valence-corrected chi connectivity index (χ0v) is 20.5. The van der Waals surface area contributed by atoms with E-state index in [-0.39, 0.29) is 0 Å². The van der Waals surface area contributed by atoms with Crippen LogP contribution in [-0.2, 0) is 4.79 Å².